The highest BCUT2D eigenvalue weighted by atomic mass is 16.5. The molecule has 0 heterocycles. The molecule has 26 heavy (non-hydrogen) atoms. The van der Waals surface area contributed by atoms with Gasteiger partial charge in [-0.3, -0.25) is 4.79 Å². The maximum absolute atomic E-state index is 12.0. The molecule has 0 saturated carbocycles. The van der Waals surface area contributed by atoms with E-state index in [0.717, 1.165) is 19.4 Å². The van der Waals surface area contributed by atoms with Gasteiger partial charge < -0.3 is 15.0 Å². The minimum Gasteiger partial charge on any atom is -0.381 e. The van der Waals surface area contributed by atoms with Crippen LogP contribution in [0.15, 0.2) is 54.6 Å². The molecule has 0 aromatic heterocycles. The lowest BCUT2D eigenvalue weighted by atomic mass is 10.1. The van der Waals surface area contributed by atoms with Crippen LogP contribution in [0.3, 0.4) is 0 Å². The molecule has 2 rings (SSSR count). The predicted molar refractivity (Wildman–Crippen MR) is 106 cm³/mol. The zero-order valence-corrected chi connectivity index (χ0v) is 15.9. The molecule has 0 aliphatic rings. The van der Waals surface area contributed by atoms with E-state index < -0.39 is 0 Å². The Morgan fingerprint density at radius 1 is 0.962 bits per heavy atom. The van der Waals surface area contributed by atoms with Crippen molar-refractivity contribution < 1.29 is 9.53 Å². The summed E-state index contributed by atoms with van der Waals surface area (Å²) in [6.45, 7) is 2.78. The molecule has 0 bridgehead atoms. The van der Waals surface area contributed by atoms with E-state index >= 15 is 0 Å². The minimum absolute atomic E-state index is 0.0799. The summed E-state index contributed by atoms with van der Waals surface area (Å²) in [6, 6.07) is 18.5. The van der Waals surface area contributed by atoms with Crippen molar-refractivity contribution >= 4 is 5.91 Å². The molecule has 0 atom stereocenters. The normalized spacial score (nSPS) is 10.9. The Morgan fingerprint density at radius 3 is 2.38 bits per heavy atom. The third-order valence-corrected chi connectivity index (χ3v) is 4.15. The molecular formula is C22H30N2O2. The number of rotatable bonds is 11. The Hall–Kier alpha value is -2.17. The van der Waals surface area contributed by atoms with Gasteiger partial charge in [0.2, 0.25) is 5.91 Å². The van der Waals surface area contributed by atoms with Crippen LogP contribution in [0.4, 0.5) is 0 Å². The van der Waals surface area contributed by atoms with E-state index in [-0.39, 0.29) is 5.91 Å². The Balaban J connectivity index is 1.59. The van der Waals surface area contributed by atoms with Gasteiger partial charge in [0.1, 0.15) is 0 Å². The fraction of sp³-hybridized carbons (Fsp3) is 0.409. The Morgan fingerprint density at radius 2 is 1.65 bits per heavy atom. The first-order chi connectivity index (χ1) is 12.6. The second kappa shape index (κ2) is 11.4. The number of carbonyl (C=O) groups is 1. The highest BCUT2D eigenvalue weighted by Gasteiger charge is 2.06. The van der Waals surface area contributed by atoms with Gasteiger partial charge in [-0.15, -0.1) is 0 Å². The van der Waals surface area contributed by atoms with Crippen molar-refractivity contribution in [3.8, 4) is 0 Å². The van der Waals surface area contributed by atoms with Crippen LogP contribution in [0, 0.1) is 0 Å². The highest BCUT2D eigenvalue weighted by molar-refractivity contribution is 5.75. The first kappa shape index (κ1) is 20.1. The fourth-order valence-corrected chi connectivity index (χ4v) is 2.78. The molecule has 1 N–H and O–H groups in total. The van der Waals surface area contributed by atoms with Gasteiger partial charge in [0.05, 0.1) is 6.61 Å². The monoisotopic (exact) mass is 354 g/mol. The molecule has 2 aromatic carbocycles. The van der Waals surface area contributed by atoms with E-state index in [2.05, 4.69) is 34.5 Å². The number of benzene rings is 2. The number of ether oxygens (including phenoxy) is 1. The summed E-state index contributed by atoms with van der Waals surface area (Å²) in [5.74, 6) is 0.0799. The summed E-state index contributed by atoms with van der Waals surface area (Å²) in [7, 11) is 4.10. The van der Waals surface area contributed by atoms with Gasteiger partial charge in [-0.1, -0.05) is 54.6 Å². The van der Waals surface area contributed by atoms with Crippen LogP contribution >= 0.6 is 0 Å². The van der Waals surface area contributed by atoms with E-state index in [1.165, 1.54) is 16.7 Å². The van der Waals surface area contributed by atoms with Crippen LogP contribution in [0.25, 0.3) is 0 Å². The van der Waals surface area contributed by atoms with Crippen molar-refractivity contribution in [3.05, 3.63) is 71.3 Å². The third-order valence-electron chi connectivity index (χ3n) is 4.15. The van der Waals surface area contributed by atoms with Gasteiger partial charge in [0, 0.05) is 26.1 Å². The van der Waals surface area contributed by atoms with Gasteiger partial charge in [0.25, 0.3) is 0 Å². The van der Waals surface area contributed by atoms with Crippen molar-refractivity contribution in [2.75, 3.05) is 27.3 Å². The maximum Gasteiger partial charge on any atom is 0.220 e. The highest BCUT2D eigenvalue weighted by Crippen LogP contribution is 2.10. The Labute approximate surface area is 157 Å². The van der Waals surface area contributed by atoms with Crippen molar-refractivity contribution in [2.24, 2.45) is 0 Å². The lowest BCUT2D eigenvalue weighted by Gasteiger charge is -2.14. The van der Waals surface area contributed by atoms with Crippen LogP contribution in [0.1, 0.15) is 29.5 Å². The second-order valence-corrected chi connectivity index (χ2v) is 6.73. The predicted octanol–water partition coefficient (Wildman–Crippen LogP) is 3.40. The average molecular weight is 354 g/mol. The summed E-state index contributed by atoms with van der Waals surface area (Å²) in [4.78, 5) is 14.2. The molecule has 0 fully saturated rings. The number of amides is 1. The third kappa shape index (κ3) is 7.81. The summed E-state index contributed by atoms with van der Waals surface area (Å²) in [5, 5.41) is 3.02. The standard InChI is InChI=1S/C22H30N2O2/c1-24(2)18-21-12-7-6-11-20(21)17-23-22(25)13-8-15-26-16-14-19-9-4-3-5-10-19/h3-7,9-12H,8,13-18H2,1-2H3,(H,23,25). The summed E-state index contributed by atoms with van der Waals surface area (Å²) >= 11 is 0. The lowest BCUT2D eigenvalue weighted by molar-refractivity contribution is -0.121. The largest absolute Gasteiger partial charge is 0.381 e. The van der Waals surface area contributed by atoms with Gasteiger partial charge in [-0.05, 0) is 43.6 Å². The van der Waals surface area contributed by atoms with Gasteiger partial charge in [0.15, 0.2) is 0 Å². The number of hydrogen-bond acceptors (Lipinski definition) is 3. The lowest BCUT2D eigenvalue weighted by Crippen LogP contribution is -2.24. The number of carbonyl (C=O) groups excluding carboxylic acids is 1. The molecular weight excluding hydrogens is 324 g/mol. The Kier molecular flexibility index (Phi) is 8.87. The quantitative estimate of drug-likeness (QED) is 0.629. The first-order valence-electron chi connectivity index (χ1n) is 9.25. The smallest absolute Gasteiger partial charge is 0.220 e. The topological polar surface area (TPSA) is 41.6 Å². The molecule has 0 radical (unpaired) electrons. The van der Waals surface area contributed by atoms with Crippen molar-refractivity contribution in [1.82, 2.24) is 10.2 Å². The minimum atomic E-state index is 0.0799. The van der Waals surface area contributed by atoms with E-state index in [0.29, 0.717) is 26.2 Å². The molecule has 2 aromatic rings. The Bertz CT molecular complexity index is 656. The van der Waals surface area contributed by atoms with Crippen molar-refractivity contribution in [1.29, 1.82) is 0 Å². The van der Waals surface area contributed by atoms with Crippen LogP contribution in [-0.4, -0.2) is 38.1 Å². The maximum atomic E-state index is 12.0. The SMILES string of the molecule is CN(C)Cc1ccccc1CNC(=O)CCCOCCc1ccccc1. The van der Waals surface area contributed by atoms with E-state index in [9.17, 15) is 4.79 Å². The van der Waals surface area contributed by atoms with Crippen LogP contribution in [-0.2, 0) is 29.0 Å². The average Bonchev–Trinajstić information content (AvgIpc) is 2.64. The molecule has 4 nitrogen and oxygen atoms in total. The molecule has 1 amide bonds. The van der Waals surface area contributed by atoms with Crippen LogP contribution in [0.5, 0.6) is 0 Å². The molecule has 0 unspecified atom stereocenters. The molecule has 0 saturated heterocycles. The zero-order valence-electron chi connectivity index (χ0n) is 15.9. The second-order valence-electron chi connectivity index (χ2n) is 6.73. The van der Waals surface area contributed by atoms with E-state index in [1.807, 2.05) is 44.4 Å². The summed E-state index contributed by atoms with van der Waals surface area (Å²) in [6.07, 6.45) is 2.16. The molecule has 4 heteroatoms. The molecule has 140 valence electrons. The number of nitrogens with zero attached hydrogens (tertiary/aromatic N) is 1. The van der Waals surface area contributed by atoms with Gasteiger partial charge >= 0.3 is 0 Å². The van der Waals surface area contributed by atoms with Crippen molar-refractivity contribution in [3.63, 3.8) is 0 Å². The summed E-state index contributed by atoms with van der Waals surface area (Å²) in [5.41, 5.74) is 3.71. The zero-order chi connectivity index (χ0) is 18.6. The van der Waals surface area contributed by atoms with E-state index in [1.54, 1.807) is 0 Å². The first-order valence-corrected chi connectivity index (χ1v) is 9.25. The summed E-state index contributed by atoms with van der Waals surface area (Å²) < 4.78 is 5.63. The molecule has 0 spiro atoms. The fourth-order valence-electron chi connectivity index (χ4n) is 2.78. The molecule has 0 aliphatic heterocycles. The number of hydrogen-bond donors (Lipinski definition) is 1. The van der Waals surface area contributed by atoms with Crippen LogP contribution < -0.4 is 5.32 Å². The van der Waals surface area contributed by atoms with Gasteiger partial charge in [-0.2, -0.15) is 0 Å². The number of nitrogens with one attached hydrogen (secondary N) is 1. The van der Waals surface area contributed by atoms with E-state index in [4.69, 9.17) is 4.74 Å². The molecule has 0 aliphatic carbocycles. The van der Waals surface area contributed by atoms with Crippen molar-refractivity contribution in [2.45, 2.75) is 32.4 Å². The van der Waals surface area contributed by atoms with Gasteiger partial charge in [-0.25, -0.2) is 0 Å². The van der Waals surface area contributed by atoms with Crippen LogP contribution in [0.2, 0.25) is 0 Å².